The molecule has 0 aliphatic carbocycles. The summed E-state index contributed by atoms with van der Waals surface area (Å²) in [6.45, 7) is 7.20. The van der Waals surface area contributed by atoms with Crippen LogP contribution in [0.1, 0.15) is 5.56 Å². The van der Waals surface area contributed by atoms with Crippen molar-refractivity contribution in [3.63, 3.8) is 0 Å². The normalized spacial score (nSPS) is 11.9. The van der Waals surface area contributed by atoms with Crippen molar-refractivity contribution < 1.29 is 14.3 Å². The molecule has 2 aromatic rings. The number of allylic oxidation sites excluding steroid dienone is 4. The minimum Gasteiger partial charge on any atom is -0.497 e. The zero-order valence-corrected chi connectivity index (χ0v) is 14.2. The SMILES string of the molecule is C=C/C(OC)=C(\C=C)C(=O)/C=C/c1cc2cc(OC)ccc2[nH]c1=O. The zero-order chi connectivity index (χ0) is 18.4. The Morgan fingerprint density at radius 2 is 1.92 bits per heavy atom. The number of methoxy groups -OCH3 is 2. The Morgan fingerprint density at radius 1 is 1.16 bits per heavy atom. The Bertz CT molecular complexity index is 948. The van der Waals surface area contributed by atoms with Gasteiger partial charge in [-0.25, -0.2) is 0 Å². The number of aromatic nitrogens is 1. The van der Waals surface area contributed by atoms with E-state index in [0.717, 1.165) is 5.39 Å². The number of aromatic amines is 1. The van der Waals surface area contributed by atoms with E-state index in [4.69, 9.17) is 9.47 Å². The van der Waals surface area contributed by atoms with Gasteiger partial charge in [-0.05, 0) is 42.5 Å². The molecule has 0 bridgehead atoms. The third kappa shape index (κ3) is 3.95. The summed E-state index contributed by atoms with van der Waals surface area (Å²) in [6.07, 6.45) is 5.58. The molecule has 1 heterocycles. The number of carbonyl (C=O) groups excluding carboxylic acids is 1. The number of nitrogens with one attached hydrogen (secondary N) is 1. The van der Waals surface area contributed by atoms with E-state index in [2.05, 4.69) is 18.1 Å². The summed E-state index contributed by atoms with van der Waals surface area (Å²) in [5, 5.41) is 0.800. The minimum atomic E-state index is -0.336. The largest absolute Gasteiger partial charge is 0.497 e. The summed E-state index contributed by atoms with van der Waals surface area (Å²) in [5.74, 6) is 0.664. The quantitative estimate of drug-likeness (QED) is 0.478. The van der Waals surface area contributed by atoms with Crippen LogP contribution >= 0.6 is 0 Å². The molecular weight excluding hydrogens is 318 g/mol. The molecule has 0 fully saturated rings. The van der Waals surface area contributed by atoms with E-state index < -0.39 is 0 Å². The fourth-order valence-electron chi connectivity index (χ4n) is 2.33. The minimum absolute atomic E-state index is 0.271. The maximum absolute atomic E-state index is 12.3. The first-order chi connectivity index (χ1) is 12.0. The van der Waals surface area contributed by atoms with Gasteiger partial charge >= 0.3 is 0 Å². The number of ether oxygens (including phenoxy) is 2. The molecule has 0 saturated heterocycles. The fourth-order valence-corrected chi connectivity index (χ4v) is 2.33. The fraction of sp³-hybridized carbons (Fsp3) is 0.100. The van der Waals surface area contributed by atoms with Crippen LogP contribution in [0.25, 0.3) is 17.0 Å². The number of pyridine rings is 1. The summed E-state index contributed by atoms with van der Waals surface area (Å²) in [6, 6.07) is 7.03. The topological polar surface area (TPSA) is 68.4 Å². The van der Waals surface area contributed by atoms with E-state index in [-0.39, 0.29) is 16.9 Å². The highest BCUT2D eigenvalue weighted by Gasteiger charge is 2.09. The molecular formula is C20H19NO4. The summed E-state index contributed by atoms with van der Waals surface area (Å²) in [5.41, 5.74) is 1.03. The van der Waals surface area contributed by atoms with Gasteiger partial charge in [0.2, 0.25) is 0 Å². The summed E-state index contributed by atoms with van der Waals surface area (Å²) in [4.78, 5) is 27.2. The smallest absolute Gasteiger partial charge is 0.255 e. The van der Waals surface area contributed by atoms with Gasteiger partial charge < -0.3 is 14.5 Å². The van der Waals surface area contributed by atoms with Gasteiger partial charge in [0.05, 0.1) is 19.8 Å². The van der Waals surface area contributed by atoms with Crippen molar-refractivity contribution in [2.45, 2.75) is 0 Å². The number of H-pyrrole nitrogens is 1. The van der Waals surface area contributed by atoms with Crippen LogP contribution in [-0.2, 0) is 9.53 Å². The van der Waals surface area contributed by atoms with E-state index in [1.54, 1.807) is 31.4 Å². The van der Waals surface area contributed by atoms with Crippen molar-refractivity contribution in [1.29, 1.82) is 0 Å². The van der Waals surface area contributed by atoms with Crippen molar-refractivity contribution in [3.8, 4) is 5.75 Å². The van der Waals surface area contributed by atoms with Crippen LogP contribution in [0.15, 0.2) is 71.8 Å². The number of hydrogen-bond acceptors (Lipinski definition) is 4. The molecule has 0 aliphatic heterocycles. The Balaban J connectivity index is 2.43. The molecule has 1 aromatic carbocycles. The van der Waals surface area contributed by atoms with Crippen LogP contribution in [0.5, 0.6) is 5.75 Å². The molecule has 0 atom stereocenters. The Morgan fingerprint density at radius 3 is 2.52 bits per heavy atom. The number of benzene rings is 1. The molecule has 5 nitrogen and oxygen atoms in total. The lowest BCUT2D eigenvalue weighted by Gasteiger charge is -2.05. The van der Waals surface area contributed by atoms with Gasteiger partial charge in [-0.15, -0.1) is 0 Å². The lowest BCUT2D eigenvalue weighted by atomic mass is 10.1. The molecule has 1 N–H and O–H groups in total. The van der Waals surface area contributed by atoms with Crippen molar-refractivity contribution in [1.82, 2.24) is 4.98 Å². The molecule has 0 spiro atoms. The van der Waals surface area contributed by atoms with Crippen molar-refractivity contribution in [2.24, 2.45) is 0 Å². The third-order valence-corrected chi connectivity index (χ3v) is 3.63. The van der Waals surface area contributed by atoms with E-state index >= 15 is 0 Å². The molecule has 0 unspecified atom stereocenters. The maximum atomic E-state index is 12.3. The molecule has 128 valence electrons. The summed E-state index contributed by atoms with van der Waals surface area (Å²) < 4.78 is 10.3. The van der Waals surface area contributed by atoms with E-state index in [1.807, 2.05) is 0 Å². The second kappa shape index (κ2) is 7.97. The molecule has 0 aliphatic rings. The summed E-state index contributed by atoms with van der Waals surface area (Å²) in [7, 11) is 3.02. The molecule has 5 heteroatoms. The predicted octanol–water partition coefficient (Wildman–Crippen LogP) is 3.39. The average molecular weight is 337 g/mol. The number of carbonyl (C=O) groups is 1. The molecule has 1 aromatic heterocycles. The average Bonchev–Trinajstić information content (AvgIpc) is 2.63. The number of hydrogen-bond donors (Lipinski definition) is 1. The zero-order valence-electron chi connectivity index (χ0n) is 14.2. The lowest BCUT2D eigenvalue weighted by Crippen LogP contribution is -2.09. The molecule has 2 rings (SSSR count). The van der Waals surface area contributed by atoms with Crippen LogP contribution in [0.4, 0.5) is 0 Å². The van der Waals surface area contributed by atoms with E-state index in [0.29, 0.717) is 22.6 Å². The van der Waals surface area contributed by atoms with Crippen LogP contribution in [0.3, 0.4) is 0 Å². The standard InChI is InChI=1S/C20H19NO4/c1-5-16(19(6-2)25-4)18(22)10-7-13-11-14-12-15(24-3)8-9-17(14)21-20(13)23/h5-12H,1-2H2,3-4H3,(H,21,23)/b10-7+,19-16-. The van der Waals surface area contributed by atoms with Crippen LogP contribution in [0, 0.1) is 0 Å². The molecule has 0 saturated carbocycles. The number of ketones is 1. The molecule has 25 heavy (non-hydrogen) atoms. The van der Waals surface area contributed by atoms with Gasteiger partial charge in [-0.3, -0.25) is 9.59 Å². The van der Waals surface area contributed by atoms with Crippen LogP contribution in [-0.4, -0.2) is 25.0 Å². The van der Waals surface area contributed by atoms with Crippen molar-refractivity contribution in [3.05, 3.63) is 82.9 Å². The lowest BCUT2D eigenvalue weighted by molar-refractivity contribution is -0.111. The Labute approximate surface area is 145 Å². The predicted molar refractivity (Wildman–Crippen MR) is 99.6 cm³/mol. The second-order valence-electron chi connectivity index (χ2n) is 5.09. The van der Waals surface area contributed by atoms with Gasteiger partial charge in [0.25, 0.3) is 5.56 Å². The first kappa shape index (κ1) is 18.0. The molecule has 0 amide bonds. The first-order valence-corrected chi connectivity index (χ1v) is 7.50. The molecule has 0 radical (unpaired) electrons. The third-order valence-electron chi connectivity index (χ3n) is 3.63. The van der Waals surface area contributed by atoms with E-state index in [1.165, 1.54) is 31.4 Å². The van der Waals surface area contributed by atoms with Gasteiger partial charge in [0.15, 0.2) is 5.78 Å². The van der Waals surface area contributed by atoms with Crippen LogP contribution < -0.4 is 10.3 Å². The second-order valence-corrected chi connectivity index (χ2v) is 5.09. The number of fused-ring (bicyclic) bond motifs is 1. The van der Waals surface area contributed by atoms with Gasteiger partial charge in [-0.1, -0.05) is 19.2 Å². The van der Waals surface area contributed by atoms with Gasteiger partial charge in [0.1, 0.15) is 11.5 Å². The van der Waals surface area contributed by atoms with Gasteiger partial charge in [0, 0.05) is 16.5 Å². The maximum Gasteiger partial charge on any atom is 0.255 e. The van der Waals surface area contributed by atoms with Gasteiger partial charge in [-0.2, -0.15) is 0 Å². The van der Waals surface area contributed by atoms with Crippen LogP contribution in [0.2, 0.25) is 0 Å². The monoisotopic (exact) mass is 337 g/mol. The Hall–Kier alpha value is -3.34. The highest BCUT2D eigenvalue weighted by molar-refractivity contribution is 6.08. The highest BCUT2D eigenvalue weighted by atomic mass is 16.5. The van der Waals surface area contributed by atoms with E-state index in [9.17, 15) is 9.59 Å². The van der Waals surface area contributed by atoms with Crippen molar-refractivity contribution in [2.75, 3.05) is 14.2 Å². The first-order valence-electron chi connectivity index (χ1n) is 7.50. The highest BCUT2D eigenvalue weighted by Crippen LogP contribution is 2.19. The Kier molecular flexibility index (Phi) is 5.74. The summed E-state index contributed by atoms with van der Waals surface area (Å²) >= 11 is 0. The van der Waals surface area contributed by atoms with Crippen molar-refractivity contribution >= 4 is 22.8 Å². The number of rotatable bonds is 7.